The monoisotopic (exact) mass is 643 g/mol. The van der Waals surface area contributed by atoms with Crippen LogP contribution in [0.3, 0.4) is 0 Å². The first kappa shape index (κ1) is 27.9. The molecular formula is C46H29NOS. The second kappa shape index (κ2) is 11.2. The molecule has 0 radical (unpaired) electrons. The molecule has 0 aliphatic heterocycles. The van der Waals surface area contributed by atoms with Gasteiger partial charge in [-0.2, -0.15) is 0 Å². The maximum atomic E-state index is 6.09. The van der Waals surface area contributed by atoms with Crippen LogP contribution >= 0.6 is 11.3 Å². The number of thiophene rings is 1. The van der Waals surface area contributed by atoms with Gasteiger partial charge in [0.15, 0.2) is 0 Å². The standard InChI is InChI=1S/C46H29NOS/c1-2-11-36-31(9-1)10-7-16-42(36)47(34-24-19-30(20-25-34)33-23-28-44-41(29-33)38-12-3-5-17-43(38)48-44)35-26-21-32(22-27-35)37-14-8-15-40-39-13-4-6-18-45(39)49-46(37)40/h1-29H. The molecule has 0 saturated carbocycles. The molecule has 0 bridgehead atoms. The topological polar surface area (TPSA) is 16.4 Å². The molecule has 0 fully saturated rings. The fraction of sp³-hybridized carbons (Fsp3) is 0. The number of hydrogen-bond donors (Lipinski definition) is 0. The van der Waals surface area contributed by atoms with E-state index in [9.17, 15) is 0 Å². The van der Waals surface area contributed by atoms with Gasteiger partial charge in [0.25, 0.3) is 0 Å². The van der Waals surface area contributed by atoms with Crippen LogP contribution in [-0.2, 0) is 0 Å². The number of fused-ring (bicyclic) bond motifs is 7. The molecule has 3 heteroatoms. The Hall–Kier alpha value is -6.16. The molecule has 0 atom stereocenters. The van der Waals surface area contributed by atoms with Crippen LogP contribution in [0.1, 0.15) is 0 Å². The van der Waals surface area contributed by atoms with E-state index in [-0.39, 0.29) is 0 Å². The first-order chi connectivity index (χ1) is 24.3. The van der Waals surface area contributed by atoms with Crippen molar-refractivity contribution in [2.75, 3.05) is 4.90 Å². The van der Waals surface area contributed by atoms with Crippen LogP contribution in [0.5, 0.6) is 0 Å². The van der Waals surface area contributed by atoms with Crippen molar-refractivity contribution in [3.8, 4) is 22.3 Å². The van der Waals surface area contributed by atoms with Crippen molar-refractivity contribution in [2.45, 2.75) is 0 Å². The van der Waals surface area contributed by atoms with Gasteiger partial charge in [-0.05, 0) is 82.2 Å². The van der Waals surface area contributed by atoms with Crippen LogP contribution in [0, 0.1) is 0 Å². The molecule has 0 aliphatic rings. The van der Waals surface area contributed by atoms with Gasteiger partial charge in [-0.1, -0.05) is 121 Å². The van der Waals surface area contributed by atoms with E-state index in [4.69, 9.17) is 4.42 Å². The fourth-order valence-corrected chi connectivity index (χ4v) is 8.54. The highest BCUT2D eigenvalue weighted by Gasteiger charge is 2.17. The highest BCUT2D eigenvalue weighted by molar-refractivity contribution is 7.26. The third kappa shape index (κ3) is 4.62. The molecular weight excluding hydrogens is 615 g/mol. The van der Waals surface area contributed by atoms with Gasteiger partial charge in [0, 0.05) is 47.7 Å². The quantitative estimate of drug-likeness (QED) is 0.186. The Morgan fingerprint density at radius 3 is 1.86 bits per heavy atom. The van der Waals surface area contributed by atoms with Gasteiger partial charge >= 0.3 is 0 Å². The van der Waals surface area contributed by atoms with E-state index in [2.05, 4.69) is 169 Å². The zero-order valence-electron chi connectivity index (χ0n) is 26.5. The summed E-state index contributed by atoms with van der Waals surface area (Å²) in [5, 5.41) is 7.36. The highest BCUT2D eigenvalue weighted by Crippen LogP contribution is 2.43. The van der Waals surface area contributed by atoms with Gasteiger partial charge in [0.05, 0.1) is 5.69 Å². The number of para-hydroxylation sites is 1. The van der Waals surface area contributed by atoms with Crippen molar-refractivity contribution in [1.29, 1.82) is 0 Å². The molecule has 0 N–H and O–H groups in total. The molecule has 230 valence electrons. The van der Waals surface area contributed by atoms with Gasteiger partial charge in [0.2, 0.25) is 0 Å². The molecule has 0 saturated heterocycles. The van der Waals surface area contributed by atoms with Crippen molar-refractivity contribution in [3.63, 3.8) is 0 Å². The zero-order chi connectivity index (χ0) is 32.3. The SMILES string of the molecule is c1ccc2c(N(c3ccc(-c4ccc5oc6ccccc6c5c4)cc3)c3ccc(-c4cccc5c4sc4ccccc45)cc3)cccc2c1. The van der Waals surface area contributed by atoms with Gasteiger partial charge in [-0.3, -0.25) is 0 Å². The predicted octanol–water partition coefficient (Wildman–Crippen LogP) is 13.9. The molecule has 2 nitrogen and oxygen atoms in total. The normalized spacial score (nSPS) is 11.7. The number of anilines is 3. The van der Waals surface area contributed by atoms with Gasteiger partial charge in [-0.25, -0.2) is 0 Å². The van der Waals surface area contributed by atoms with E-state index in [1.807, 2.05) is 23.5 Å². The molecule has 0 amide bonds. The second-order valence-electron chi connectivity index (χ2n) is 12.5. The molecule has 10 aromatic rings. The summed E-state index contributed by atoms with van der Waals surface area (Å²) in [5.74, 6) is 0. The van der Waals surface area contributed by atoms with Crippen LogP contribution in [0.15, 0.2) is 180 Å². The zero-order valence-corrected chi connectivity index (χ0v) is 27.3. The van der Waals surface area contributed by atoms with E-state index in [1.54, 1.807) is 0 Å². The van der Waals surface area contributed by atoms with Crippen molar-refractivity contribution in [2.24, 2.45) is 0 Å². The van der Waals surface area contributed by atoms with Gasteiger partial charge in [0.1, 0.15) is 11.2 Å². The van der Waals surface area contributed by atoms with E-state index in [0.717, 1.165) is 39.0 Å². The number of rotatable bonds is 5. The number of benzene rings is 8. The summed E-state index contributed by atoms with van der Waals surface area (Å²) in [5.41, 5.74) is 10.0. The van der Waals surface area contributed by atoms with Gasteiger partial charge < -0.3 is 9.32 Å². The average Bonchev–Trinajstić information content (AvgIpc) is 3.74. The summed E-state index contributed by atoms with van der Waals surface area (Å²) in [6.07, 6.45) is 0. The molecule has 0 spiro atoms. The lowest BCUT2D eigenvalue weighted by Gasteiger charge is -2.27. The lowest BCUT2D eigenvalue weighted by Crippen LogP contribution is -2.10. The summed E-state index contributed by atoms with van der Waals surface area (Å²) in [4.78, 5) is 2.38. The number of hydrogen-bond acceptors (Lipinski definition) is 3. The largest absolute Gasteiger partial charge is 0.456 e. The van der Waals surface area contributed by atoms with Crippen molar-refractivity contribution >= 4 is 81.3 Å². The van der Waals surface area contributed by atoms with Crippen LogP contribution in [-0.4, -0.2) is 0 Å². The minimum absolute atomic E-state index is 0.913. The summed E-state index contributed by atoms with van der Waals surface area (Å²) in [6, 6.07) is 63.3. The first-order valence-corrected chi connectivity index (χ1v) is 17.4. The molecule has 49 heavy (non-hydrogen) atoms. The fourth-order valence-electron chi connectivity index (χ4n) is 7.30. The maximum Gasteiger partial charge on any atom is 0.135 e. The Bertz CT molecular complexity index is 2820. The lowest BCUT2D eigenvalue weighted by molar-refractivity contribution is 0.669. The summed E-state index contributed by atoms with van der Waals surface area (Å²) in [6.45, 7) is 0. The molecule has 10 rings (SSSR count). The van der Waals surface area contributed by atoms with E-state index in [1.165, 1.54) is 53.2 Å². The van der Waals surface area contributed by atoms with Crippen molar-refractivity contribution < 1.29 is 4.42 Å². The summed E-state index contributed by atoms with van der Waals surface area (Å²) >= 11 is 1.87. The van der Waals surface area contributed by atoms with Crippen molar-refractivity contribution in [3.05, 3.63) is 176 Å². The lowest BCUT2D eigenvalue weighted by atomic mass is 10.0. The molecule has 2 aromatic heterocycles. The minimum atomic E-state index is 0.913. The third-order valence-corrected chi connectivity index (χ3v) is 10.9. The Morgan fingerprint density at radius 1 is 0.408 bits per heavy atom. The summed E-state index contributed by atoms with van der Waals surface area (Å²) < 4.78 is 8.75. The smallest absolute Gasteiger partial charge is 0.135 e. The third-order valence-electron chi connectivity index (χ3n) is 9.68. The minimum Gasteiger partial charge on any atom is -0.456 e. The maximum absolute atomic E-state index is 6.09. The molecule has 0 aliphatic carbocycles. The van der Waals surface area contributed by atoms with E-state index >= 15 is 0 Å². The van der Waals surface area contributed by atoms with Crippen LogP contribution in [0.2, 0.25) is 0 Å². The Morgan fingerprint density at radius 2 is 1.02 bits per heavy atom. The van der Waals surface area contributed by atoms with Gasteiger partial charge in [-0.15, -0.1) is 11.3 Å². The van der Waals surface area contributed by atoms with Crippen LogP contribution in [0.25, 0.3) is 75.1 Å². The highest BCUT2D eigenvalue weighted by atomic mass is 32.1. The van der Waals surface area contributed by atoms with Crippen molar-refractivity contribution in [1.82, 2.24) is 0 Å². The first-order valence-electron chi connectivity index (χ1n) is 16.6. The Balaban J connectivity index is 1.08. The van der Waals surface area contributed by atoms with E-state index in [0.29, 0.717) is 0 Å². The second-order valence-corrected chi connectivity index (χ2v) is 13.6. The van der Waals surface area contributed by atoms with Crippen LogP contribution in [0.4, 0.5) is 17.1 Å². The molecule has 8 aromatic carbocycles. The van der Waals surface area contributed by atoms with Crippen LogP contribution < -0.4 is 4.90 Å². The number of nitrogens with zero attached hydrogens (tertiary/aromatic N) is 1. The number of furan rings is 1. The molecule has 0 unspecified atom stereocenters. The Kier molecular flexibility index (Phi) is 6.39. The Labute approximate surface area is 287 Å². The average molecular weight is 644 g/mol. The predicted molar refractivity (Wildman–Crippen MR) is 210 cm³/mol. The van der Waals surface area contributed by atoms with E-state index < -0.39 is 0 Å². The summed E-state index contributed by atoms with van der Waals surface area (Å²) in [7, 11) is 0. The molecule has 2 heterocycles.